The summed E-state index contributed by atoms with van der Waals surface area (Å²) in [5.41, 5.74) is 1.31. The lowest BCUT2D eigenvalue weighted by Gasteiger charge is -2.64. The molecule has 3 nitrogen and oxygen atoms in total. The van der Waals surface area contributed by atoms with E-state index in [1.165, 1.54) is 6.42 Å². The summed E-state index contributed by atoms with van der Waals surface area (Å²) in [6.07, 6.45) is 2.52. The quantitative estimate of drug-likeness (QED) is 0.593. The van der Waals surface area contributed by atoms with Crippen molar-refractivity contribution in [3.63, 3.8) is 0 Å². The number of hydrogen-bond acceptors (Lipinski definition) is 3. The second kappa shape index (κ2) is 6.01. The van der Waals surface area contributed by atoms with Crippen LogP contribution in [0, 0.1) is 17.3 Å². The molecule has 4 fully saturated rings. The molecule has 5 heteroatoms. The van der Waals surface area contributed by atoms with Gasteiger partial charge in [0.05, 0.1) is 30.2 Å². The minimum absolute atomic E-state index is 0.176. The highest BCUT2D eigenvalue weighted by Gasteiger charge is 2.68. The van der Waals surface area contributed by atoms with Crippen molar-refractivity contribution in [2.45, 2.75) is 57.2 Å². The lowest BCUT2D eigenvalue weighted by Crippen LogP contribution is -2.65. The fraction of sp³-hybridized carbons (Fsp3) is 0.684. The smallest absolute Gasteiger partial charge is 0.404 e. The van der Waals surface area contributed by atoms with E-state index in [-0.39, 0.29) is 24.1 Å². The Bertz CT molecular complexity index is 596. The third-order valence-corrected chi connectivity index (χ3v) is 6.98. The molecule has 1 aliphatic heterocycles. The van der Waals surface area contributed by atoms with Crippen LogP contribution in [0.4, 0.5) is 0 Å². The molecule has 3 saturated carbocycles. The first-order valence-corrected chi connectivity index (χ1v) is 9.44. The Labute approximate surface area is 150 Å². The maximum absolute atomic E-state index is 6.54. The van der Waals surface area contributed by atoms with Crippen molar-refractivity contribution in [1.82, 2.24) is 0 Å². The molecule has 0 spiro atoms. The van der Waals surface area contributed by atoms with Gasteiger partial charge in [0.15, 0.2) is 0 Å². The summed E-state index contributed by atoms with van der Waals surface area (Å²) < 4.78 is 18.3. The number of halogens is 1. The molecule has 24 heavy (non-hydrogen) atoms. The molecule has 4 aliphatic rings. The number of hydrogen-bond donors (Lipinski definition) is 0. The van der Waals surface area contributed by atoms with Crippen LogP contribution < -0.4 is 0 Å². The van der Waals surface area contributed by atoms with E-state index in [2.05, 4.69) is 32.9 Å². The van der Waals surface area contributed by atoms with Gasteiger partial charge in [0.25, 0.3) is 0 Å². The van der Waals surface area contributed by atoms with E-state index in [9.17, 15) is 0 Å². The summed E-state index contributed by atoms with van der Waals surface area (Å²) in [5, 5.41) is -0.281. The topological polar surface area (TPSA) is 27.7 Å². The highest BCUT2D eigenvalue weighted by Crippen LogP contribution is 2.65. The van der Waals surface area contributed by atoms with Gasteiger partial charge in [0.2, 0.25) is 0 Å². The SMILES string of the molecule is CC1(C)[C@@H]2C[C@H]3OB([C@H](Cl)COCc4ccccc4)O[C@@]3(C)[C@H]1C2. The minimum atomic E-state index is -0.368. The molecule has 5 rings (SSSR count). The lowest BCUT2D eigenvalue weighted by molar-refractivity contribution is -0.199. The molecule has 2 bridgehead atoms. The van der Waals surface area contributed by atoms with E-state index in [4.69, 9.17) is 25.6 Å². The Hall–Kier alpha value is -0.545. The van der Waals surface area contributed by atoms with Gasteiger partial charge in [-0.2, -0.15) is 0 Å². The molecular formula is C19H26BClO3. The normalized spacial score (nSPS) is 37.7. The van der Waals surface area contributed by atoms with E-state index in [0.717, 1.165) is 17.9 Å². The molecule has 1 saturated heterocycles. The van der Waals surface area contributed by atoms with Crippen molar-refractivity contribution in [2.24, 2.45) is 17.3 Å². The monoisotopic (exact) mass is 348 g/mol. The fourth-order valence-electron chi connectivity index (χ4n) is 5.00. The Morgan fingerprint density at radius 1 is 1.25 bits per heavy atom. The zero-order valence-corrected chi connectivity index (χ0v) is 15.5. The second-order valence-corrected chi connectivity index (χ2v) is 8.91. The maximum Gasteiger partial charge on any atom is 0.479 e. The third kappa shape index (κ3) is 2.63. The predicted molar refractivity (Wildman–Crippen MR) is 95.9 cm³/mol. The van der Waals surface area contributed by atoms with Crippen LogP contribution in [0.3, 0.4) is 0 Å². The number of ether oxygens (including phenoxy) is 1. The average molecular weight is 349 g/mol. The number of alkyl halides is 1. The van der Waals surface area contributed by atoms with Crippen LogP contribution in [0.25, 0.3) is 0 Å². The number of benzene rings is 1. The van der Waals surface area contributed by atoms with Crippen LogP contribution in [0.2, 0.25) is 0 Å². The molecule has 0 unspecified atom stereocenters. The molecule has 0 radical (unpaired) electrons. The summed E-state index contributed by atoms with van der Waals surface area (Å²) in [6, 6.07) is 10.1. The predicted octanol–water partition coefficient (Wildman–Crippen LogP) is 4.08. The van der Waals surface area contributed by atoms with Crippen molar-refractivity contribution in [3.8, 4) is 0 Å². The summed E-state index contributed by atoms with van der Waals surface area (Å²) in [5.74, 6) is 1.32. The van der Waals surface area contributed by atoms with E-state index >= 15 is 0 Å². The summed E-state index contributed by atoms with van der Waals surface area (Å²) in [4.78, 5) is 0. The van der Waals surface area contributed by atoms with Crippen LogP contribution in [-0.2, 0) is 20.7 Å². The van der Waals surface area contributed by atoms with E-state index < -0.39 is 0 Å². The Balaban J connectivity index is 1.33. The second-order valence-electron chi connectivity index (χ2n) is 8.35. The molecule has 1 heterocycles. The molecule has 0 aromatic heterocycles. The van der Waals surface area contributed by atoms with E-state index in [0.29, 0.717) is 24.5 Å². The summed E-state index contributed by atoms with van der Waals surface area (Å²) in [6.45, 7) is 7.95. The van der Waals surface area contributed by atoms with Crippen molar-refractivity contribution in [2.75, 3.05) is 6.61 Å². The van der Waals surface area contributed by atoms with Gasteiger partial charge in [-0.05, 0) is 42.6 Å². The van der Waals surface area contributed by atoms with Crippen LogP contribution >= 0.6 is 11.6 Å². The van der Waals surface area contributed by atoms with Crippen LogP contribution in [-0.4, -0.2) is 30.7 Å². The third-order valence-electron chi connectivity index (χ3n) is 6.65. The van der Waals surface area contributed by atoms with Gasteiger partial charge in [0.1, 0.15) is 0 Å². The Kier molecular flexibility index (Phi) is 4.23. The van der Waals surface area contributed by atoms with Gasteiger partial charge in [-0.3, -0.25) is 0 Å². The Morgan fingerprint density at radius 3 is 2.71 bits per heavy atom. The molecule has 0 N–H and O–H groups in total. The summed E-state index contributed by atoms with van der Waals surface area (Å²) >= 11 is 6.54. The number of rotatable bonds is 5. The van der Waals surface area contributed by atoms with Crippen LogP contribution in [0.15, 0.2) is 30.3 Å². The molecule has 1 aromatic carbocycles. The maximum atomic E-state index is 6.54. The highest BCUT2D eigenvalue weighted by molar-refractivity contribution is 6.60. The minimum Gasteiger partial charge on any atom is -0.404 e. The van der Waals surface area contributed by atoms with Gasteiger partial charge >= 0.3 is 7.12 Å². The molecular weight excluding hydrogens is 322 g/mol. The van der Waals surface area contributed by atoms with Gasteiger partial charge in [0, 0.05) is 0 Å². The lowest BCUT2D eigenvalue weighted by atomic mass is 9.43. The molecule has 3 aliphatic carbocycles. The van der Waals surface area contributed by atoms with Crippen molar-refractivity contribution in [3.05, 3.63) is 35.9 Å². The molecule has 130 valence electrons. The largest absolute Gasteiger partial charge is 0.479 e. The van der Waals surface area contributed by atoms with Crippen LogP contribution in [0.1, 0.15) is 39.2 Å². The molecule has 1 aromatic rings. The van der Waals surface area contributed by atoms with Gasteiger partial charge in [-0.15, -0.1) is 11.6 Å². The fourth-order valence-corrected chi connectivity index (χ4v) is 5.20. The first-order valence-electron chi connectivity index (χ1n) is 9.00. The molecule has 5 atom stereocenters. The zero-order valence-electron chi connectivity index (χ0n) is 14.7. The van der Waals surface area contributed by atoms with Crippen molar-refractivity contribution in [1.29, 1.82) is 0 Å². The van der Waals surface area contributed by atoms with Gasteiger partial charge in [-0.1, -0.05) is 44.2 Å². The first-order chi connectivity index (χ1) is 11.4. The van der Waals surface area contributed by atoms with Crippen molar-refractivity contribution >= 4 is 18.7 Å². The average Bonchev–Trinajstić information content (AvgIpc) is 2.92. The van der Waals surface area contributed by atoms with Crippen molar-refractivity contribution < 1.29 is 14.0 Å². The Morgan fingerprint density at radius 2 is 2.00 bits per heavy atom. The van der Waals surface area contributed by atoms with E-state index in [1.807, 2.05) is 18.2 Å². The first kappa shape index (κ1) is 16.9. The van der Waals surface area contributed by atoms with Gasteiger partial charge in [-0.25, -0.2) is 0 Å². The standard InChI is InChI=1S/C19H26BClO3/c1-18(2)14-9-15(18)19(3)16(10-14)23-20(24-19)17(21)12-22-11-13-7-5-4-6-8-13/h4-8,14-17H,9-12H2,1-3H3/t14-,15-,16+,17+,19-/m0/s1. The van der Waals surface area contributed by atoms with Gasteiger partial charge < -0.3 is 14.0 Å². The van der Waals surface area contributed by atoms with Crippen LogP contribution in [0.5, 0.6) is 0 Å². The highest BCUT2D eigenvalue weighted by atomic mass is 35.5. The zero-order chi connectivity index (χ0) is 16.9. The molecule has 0 amide bonds. The summed E-state index contributed by atoms with van der Waals surface area (Å²) in [7, 11) is -0.368. The van der Waals surface area contributed by atoms with E-state index in [1.54, 1.807) is 0 Å².